The van der Waals surface area contributed by atoms with Gasteiger partial charge in [0.15, 0.2) is 0 Å². The van der Waals surface area contributed by atoms with Crippen LogP contribution in [0.15, 0.2) is 36.2 Å². The third kappa shape index (κ3) is 10.8. The van der Waals surface area contributed by atoms with Gasteiger partial charge in [0, 0.05) is 11.9 Å². The van der Waals surface area contributed by atoms with Crippen LogP contribution in [0.25, 0.3) is 0 Å². The zero-order valence-electron chi connectivity index (χ0n) is 14.7. The highest BCUT2D eigenvalue weighted by molar-refractivity contribution is 7.55. The summed E-state index contributed by atoms with van der Waals surface area (Å²) in [5, 5.41) is 0. The van der Waals surface area contributed by atoms with E-state index in [0.29, 0.717) is 6.42 Å². The van der Waals surface area contributed by atoms with Gasteiger partial charge in [-0.3, -0.25) is 4.57 Å². The molecule has 0 saturated heterocycles. The van der Waals surface area contributed by atoms with E-state index in [1.54, 1.807) is 0 Å². The lowest BCUT2D eigenvalue weighted by Crippen LogP contribution is -2.17. The molecule has 1 unspecified atom stereocenters. The zero-order valence-corrected chi connectivity index (χ0v) is 15.6. The third-order valence-electron chi connectivity index (χ3n) is 4.14. The molecule has 0 aliphatic carbocycles. The molecule has 4 nitrogen and oxygen atoms in total. The van der Waals surface area contributed by atoms with Crippen LogP contribution in [0.4, 0.5) is 0 Å². The fourth-order valence-corrected chi connectivity index (χ4v) is 3.08. The second kappa shape index (κ2) is 11.6. The number of hydrogen-bond donors (Lipinski definition) is 3. The normalized spacial score (nSPS) is 13.5. The molecule has 0 fully saturated rings. The number of rotatable bonds is 12. The third-order valence-corrected chi connectivity index (χ3v) is 4.70. The summed E-state index contributed by atoms with van der Waals surface area (Å²) in [6.45, 7) is 2.24. The monoisotopic (exact) mass is 353 g/mol. The summed E-state index contributed by atoms with van der Waals surface area (Å²) in [6, 6.07) is 8.29. The number of unbranched alkanes of at least 4 members (excludes halogenated alkanes) is 5. The largest absolute Gasteiger partial charge is 0.348 e. The van der Waals surface area contributed by atoms with Gasteiger partial charge >= 0.3 is 7.60 Å². The summed E-state index contributed by atoms with van der Waals surface area (Å²) in [7, 11) is -4.10. The van der Waals surface area contributed by atoms with Crippen LogP contribution in [-0.2, 0) is 17.4 Å². The Morgan fingerprint density at radius 3 is 2.12 bits per heavy atom. The van der Waals surface area contributed by atoms with Crippen LogP contribution in [0.1, 0.15) is 63.0 Å². The Labute approximate surface area is 146 Å². The molecule has 0 radical (unpaired) electrons. The second-order valence-electron chi connectivity index (χ2n) is 6.47. The highest BCUT2D eigenvalue weighted by Gasteiger charge is 2.07. The van der Waals surface area contributed by atoms with Crippen LogP contribution in [0.3, 0.4) is 0 Å². The first-order valence-electron chi connectivity index (χ1n) is 8.98. The fraction of sp³-hybridized carbons (Fsp3) is 0.579. The molecule has 0 bridgehead atoms. The van der Waals surface area contributed by atoms with Crippen LogP contribution in [-0.4, -0.2) is 15.8 Å². The Bertz CT molecular complexity index is 522. The molecule has 0 aliphatic rings. The van der Waals surface area contributed by atoms with E-state index in [4.69, 9.17) is 15.5 Å². The van der Waals surface area contributed by atoms with Crippen LogP contribution in [0, 0.1) is 0 Å². The Hall–Kier alpha value is -0.930. The molecule has 136 valence electrons. The predicted molar refractivity (Wildman–Crippen MR) is 101 cm³/mol. The minimum absolute atomic E-state index is 0.333. The van der Waals surface area contributed by atoms with E-state index >= 15 is 0 Å². The highest BCUT2D eigenvalue weighted by atomic mass is 31.2. The summed E-state index contributed by atoms with van der Waals surface area (Å²) in [5.74, 6) is 0.890. The quantitative estimate of drug-likeness (QED) is 0.380. The van der Waals surface area contributed by atoms with Gasteiger partial charge in [-0.15, -0.1) is 0 Å². The van der Waals surface area contributed by atoms with E-state index in [1.165, 1.54) is 55.7 Å². The summed E-state index contributed by atoms with van der Waals surface area (Å²) in [5.41, 5.74) is 8.43. The molecule has 5 heteroatoms. The molecule has 0 heterocycles. The zero-order chi connectivity index (χ0) is 17.8. The topological polar surface area (TPSA) is 83.6 Å². The second-order valence-corrected chi connectivity index (χ2v) is 7.94. The lowest BCUT2D eigenvalue weighted by molar-refractivity contribution is 0.386. The Balaban J connectivity index is 2.27. The first-order valence-corrected chi connectivity index (χ1v) is 10.7. The van der Waals surface area contributed by atoms with Crippen molar-refractivity contribution in [1.82, 2.24) is 0 Å². The Kier molecular flexibility index (Phi) is 10.2. The maximum atomic E-state index is 10.8. The van der Waals surface area contributed by atoms with Crippen LogP contribution >= 0.6 is 7.60 Å². The molecule has 1 aromatic carbocycles. The smallest absolute Gasteiger partial charge is 0.324 e. The average molecular weight is 353 g/mol. The molecule has 24 heavy (non-hydrogen) atoms. The van der Waals surface area contributed by atoms with Crippen LogP contribution in [0.5, 0.6) is 0 Å². The Morgan fingerprint density at radius 2 is 1.54 bits per heavy atom. The van der Waals surface area contributed by atoms with E-state index in [9.17, 15) is 4.57 Å². The number of benzene rings is 1. The lowest BCUT2D eigenvalue weighted by Gasteiger charge is -2.08. The highest BCUT2D eigenvalue weighted by Crippen LogP contribution is 2.36. The molecular formula is C19H32NO3P. The molecule has 0 saturated carbocycles. The molecule has 0 spiro atoms. The van der Waals surface area contributed by atoms with Crippen molar-refractivity contribution >= 4 is 7.60 Å². The summed E-state index contributed by atoms with van der Waals surface area (Å²) in [4.78, 5) is 17.6. The van der Waals surface area contributed by atoms with Gasteiger partial charge in [0.1, 0.15) is 0 Å². The predicted octanol–water partition coefficient (Wildman–Crippen LogP) is 4.54. The molecule has 0 aromatic heterocycles. The maximum absolute atomic E-state index is 10.8. The molecule has 1 atom stereocenters. The number of aryl methyl sites for hydroxylation is 2. The molecule has 0 aliphatic heterocycles. The van der Waals surface area contributed by atoms with Crippen LogP contribution in [0.2, 0.25) is 0 Å². The average Bonchev–Trinajstić information content (AvgIpc) is 2.54. The van der Waals surface area contributed by atoms with Crippen molar-refractivity contribution in [3.05, 3.63) is 47.3 Å². The van der Waals surface area contributed by atoms with E-state index in [1.807, 2.05) is 0 Å². The molecule has 1 aromatic rings. The van der Waals surface area contributed by atoms with Crippen molar-refractivity contribution in [3.8, 4) is 0 Å². The van der Waals surface area contributed by atoms with E-state index in [-0.39, 0.29) is 6.04 Å². The lowest BCUT2D eigenvalue weighted by atomic mass is 10.0. The van der Waals surface area contributed by atoms with Crippen molar-refractivity contribution in [2.75, 3.05) is 0 Å². The van der Waals surface area contributed by atoms with Gasteiger partial charge in [-0.25, -0.2) is 0 Å². The summed E-state index contributed by atoms with van der Waals surface area (Å²) < 4.78 is 10.8. The van der Waals surface area contributed by atoms with Gasteiger partial charge in [-0.2, -0.15) is 0 Å². The standard InChI is InChI=1S/C19H32NO3P/c1-2-3-4-5-6-7-8-17-9-11-18(12-10-17)13-14-19(20)15-16-24(21,22)23/h9-12,15-16,19H,2-8,13-14,20H2,1H3,(H2,21,22,23). The number of hydrogen-bond acceptors (Lipinski definition) is 2. The van der Waals surface area contributed by atoms with Crippen molar-refractivity contribution in [2.24, 2.45) is 5.73 Å². The van der Waals surface area contributed by atoms with Gasteiger partial charge < -0.3 is 15.5 Å². The first-order chi connectivity index (χ1) is 11.4. The minimum atomic E-state index is -4.10. The van der Waals surface area contributed by atoms with Crippen molar-refractivity contribution < 1.29 is 14.4 Å². The minimum Gasteiger partial charge on any atom is -0.324 e. The molecule has 1 rings (SSSR count). The van der Waals surface area contributed by atoms with Gasteiger partial charge in [-0.05, 0) is 36.8 Å². The van der Waals surface area contributed by atoms with E-state index in [0.717, 1.165) is 18.7 Å². The van der Waals surface area contributed by atoms with E-state index in [2.05, 4.69) is 31.2 Å². The fourth-order valence-electron chi connectivity index (χ4n) is 2.63. The summed E-state index contributed by atoms with van der Waals surface area (Å²) >= 11 is 0. The van der Waals surface area contributed by atoms with Gasteiger partial charge in [0.2, 0.25) is 0 Å². The molecule has 4 N–H and O–H groups in total. The van der Waals surface area contributed by atoms with E-state index < -0.39 is 7.60 Å². The number of nitrogens with two attached hydrogens (primary N) is 1. The van der Waals surface area contributed by atoms with Gasteiger partial charge in [0.05, 0.1) is 0 Å². The van der Waals surface area contributed by atoms with Crippen molar-refractivity contribution in [1.29, 1.82) is 0 Å². The first kappa shape index (κ1) is 21.1. The Morgan fingerprint density at radius 1 is 1.00 bits per heavy atom. The SMILES string of the molecule is CCCCCCCCc1ccc(CCC(N)C=CP(=O)(O)O)cc1. The van der Waals surface area contributed by atoms with Crippen LogP contribution < -0.4 is 5.73 Å². The van der Waals surface area contributed by atoms with Crippen molar-refractivity contribution in [3.63, 3.8) is 0 Å². The molecular weight excluding hydrogens is 321 g/mol. The van der Waals surface area contributed by atoms with Gasteiger partial charge in [0.25, 0.3) is 0 Å². The maximum Gasteiger partial charge on any atom is 0.348 e. The van der Waals surface area contributed by atoms with Gasteiger partial charge in [-0.1, -0.05) is 69.4 Å². The summed E-state index contributed by atoms with van der Waals surface area (Å²) in [6.07, 6.45) is 11.9. The van der Waals surface area contributed by atoms with Crippen molar-refractivity contribution in [2.45, 2.75) is 70.8 Å². The molecule has 0 amide bonds.